The Labute approximate surface area is 140 Å². The van der Waals surface area contributed by atoms with Crippen LogP contribution in [0.1, 0.15) is 35.9 Å². The summed E-state index contributed by atoms with van der Waals surface area (Å²) >= 11 is 0. The number of hydrogen-bond acceptors (Lipinski definition) is 7. The number of halogens is 1. The van der Waals surface area contributed by atoms with E-state index in [9.17, 15) is 0 Å². The lowest BCUT2D eigenvalue weighted by molar-refractivity contribution is 0.375. The lowest BCUT2D eigenvalue weighted by Gasteiger charge is -2.04. The van der Waals surface area contributed by atoms with E-state index in [1.54, 1.807) is 4.52 Å². The zero-order chi connectivity index (χ0) is 15.7. The van der Waals surface area contributed by atoms with Gasteiger partial charge in [0, 0.05) is 23.9 Å². The number of nitrogens with zero attached hydrogens (tertiary/aromatic N) is 6. The first-order chi connectivity index (χ1) is 10.5. The molecular formula is C14H20ClN7O. The van der Waals surface area contributed by atoms with E-state index < -0.39 is 0 Å². The van der Waals surface area contributed by atoms with Crippen molar-refractivity contribution in [3.63, 3.8) is 0 Å². The summed E-state index contributed by atoms with van der Waals surface area (Å²) in [5.41, 5.74) is 1.92. The average molecular weight is 338 g/mol. The Balaban J connectivity index is 0.00000192. The Hall–Kier alpha value is -2.06. The van der Waals surface area contributed by atoms with Crippen molar-refractivity contribution < 1.29 is 4.52 Å². The maximum absolute atomic E-state index is 5.27. The molecule has 0 aliphatic carbocycles. The van der Waals surface area contributed by atoms with Crippen LogP contribution in [0.4, 0.5) is 0 Å². The largest absolute Gasteiger partial charge is 0.339 e. The predicted molar refractivity (Wildman–Crippen MR) is 86.8 cm³/mol. The van der Waals surface area contributed by atoms with Crippen LogP contribution in [0.2, 0.25) is 0 Å². The minimum Gasteiger partial charge on any atom is -0.339 e. The van der Waals surface area contributed by atoms with Crippen LogP contribution in [-0.2, 0) is 12.8 Å². The number of rotatable bonds is 5. The van der Waals surface area contributed by atoms with Crippen LogP contribution in [0.15, 0.2) is 10.6 Å². The van der Waals surface area contributed by atoms with Crippen molar-refractivity contribution >= 4 is 18.2 Å². The number of hydrogen-bond donors (Lipinski definition) is 1. The molecule has 0 aromatic carbocycles. The third kappa shape index (κ3) is 3.83. The zero-order valence-electron chi connectivity index (χ0n) is 13.6. The van der Waals surface area contributed by atoms with Crippen LogP contribution in [0.3, 0.4) is 0 Å². The van der Waals surface area contributed by atoms with Gasteiger partial charge in [-0.25, -0.2) is 9.50 Å². The van der Waals surface area contributed by atoms with E-state index >= 15 is 0 Å². The fourth-order valence-electron chi connectivity index (χ4n) is 2.24. The van der Waals surface area contributed by atoms with Gasteiger partial charge in [0.1, 0.15) is 0 Å². The second-order valence-electron chi connectivity index (χ2n) is 5.45. The summed E-state index contributed by atoms with van der Waals surface area (Å²) in [6.45, 7) is 5.98. The van der Waals surface area contributed by atoms with Crippen LogP contribution < -0.4 is 5.32 Å². The molecule has 8 nitrogen and oxygen atoms in total. The van der Waals surface area contributed by atoms with Gasteiger partial charge in [-0.3, -0.25) is 0 Å². The SMILES string of the molecule is CNC(C)Cc1noc(Cc2nc3nc(C)cc(C)n3n2)n1.Cl. The molecule has 3 aromatic rings. The highest BCUT2D eigenvalue weighted by molar-refractivity contribution is 5.85. The fourth-order valence-corrected chi connectivity index (χ4v) is 2.24. The summed E-state index contributed by atoms with van der Waals surface area (Å²) in [5.74, 6) is 2.42. The molecule has 1 unspecified atom stereocenters. The molecule has 0 saturated heterocycles. The molecular weight excluding hydrogens is 318 g/mol. The molecule has 0 aliphatic rings. The highest BCUT2D eigenvalue weighted by Crippen LogP contribution is 2.09. The number of aryl methyl sites for hydroxylation is 2. The molecule has 23 heavy (non-hydrogen) atoms. The number of nitrogens with one attached hydrogen (secondary N) is 1. The van der Waals surface area contributed by atoms with Gasteiger partial charge in [0.05, 0.1) is 6.42 Å². The molecule has 3 aromatic heterocycles. The van der Waals surface area contributed by atoms with Crippen LogP contribution in [0, 0.1) is 13.8 Å². The minimum absolute atomic E-state index is 0. The molecule has 1 N–H and O–H groups in total. The van der Waals surface area contributed by atoms with Gasteiger partial charge >= 0.3 is 0 Å². The van der Waals surface area contributed by atoms with Gasteiger partial charge < -0.3 is 9.84 Å². The molecule has 124 valence electrons. The van der Waals surface area contributed by atoms with Crippen molar-refractivity contribution in [2.75, 3.05) is 7.05 Å². The van der Waals surface area contributed by atoms with E-state index in [4.69, 9.17) is 4.52 Å². The minimum atomic E-state index is 0. The Morgan fingerprint density at radius 3 is 2.74 bits per heavy atom. The monoisotopic (exact) mass is 337 g/mol. The van der Waals surface area contributed by atoms with Crippen LogP contribution in [-0.4, -0.2) is 42.8 Å². The Morgan fingerprint density at radius 2 is 2.00 bits per heavy atom. The van der Waals surface area contributed by atoms with Crippen molar-refractivity contribution in [3.8, 4) is 0 Å². The van der Waals surface area contributed by atoms with Gasteiger partial charge in [0.15, 0.2) is 11.6 Å². The van der Waals surface area contributed by atoms with Crippen LogP contribution >= 0.6 is 12.4 Å². The van der Waals surface area contributed by atoms with Gasteiger partial charge in [0.25, 0.3) is 5.78 Å². The summed E-state index contributed by atoms with van der Waals surface area (Å²) < 4.78 is 6.99. The molecule has 0 radical (unpaired) electrons. The Morgan fingerprint density at radius 1 is 1.22 bits per heavy atom. The van der Waals surface area contributed by atoms with Gasteiger partial charge in [-0.15, -0.1) is 17.5 Å². The quantitative estimate of drug-likeness (QED) is 0.749. The molecule has 9 heteroatoms. The highest BCUT2D eigenvalue weighted by Gasteiger charge is 2.14. The molecule has 3 rings (SSSR count). The summed E-state index contributed by atoms with van der Waals surface area (Å²) in [5, 5.41) is 11.6. The number of likely N-dealkylation sites (N-methyl/N-ethyl adjacent to an activating group) is 1. The molecule has 1 atom stereocenters. The van der Waals surface area contributed by atoms with Gasteiger partial charge in [-0.1, -0.05) is 5.16 Å². The number of aromatic nitrogens is 6. The van der Waals surface area contributed by atoms with E-state index in [-0.39, 0.29) is 12.4 Å². The first kappa shape index (κ1) is 17.3. The average Bonchev–Trinajstić information content (AvgIpc) is 3.06. The normalized spacial score (nSPS) is 12.3. The second-order valence-corrected chi connectivity index (χ2v) is 5.45. The topological polar surface area (TPSA) is 94.0 Å². The summed E-state index contributed by atoms with van der Waals surface area (Å²) in [7, 11) is 1.91. The van der Waals surface area contributed by atoms with Gasteiger partial charge in [0.2, 0.25) is 5.89 Å². The third-order valence-electron chi connectivity index (χ3n) is 3.46. The number of fused-ring (bicyclic) bond motifs is 1. The van der Waals surface area contributed by atoms with Crippen molar-refractivity contribution in [3.05, 3.63) is 35.0 Å². The maximum Gasteiger partial charge on any atom is 0.252 e. The van der Waals surface area contributed by atoms with E-state index in [1.165, 1.54) is 0 Å². The second kappa shape index (κ2) is 7.01. The van der Waals surface area contributed by atoms with Gasteiger partial charge in [-0.2, -0.15) is 9.97 Å². The predicted octanol–water partition coefficient (Wildman–Crippen LogP) is 1.29. The highest BCUT2D eigenvalue weighted by atomic mass is 35.5. The van der Waals surface area contributed by atoms with Crippen LogP contribution in [0.25, 0.3) is 5.78 Å². The fraction of sp³-hybridized carbons (Fsp3) is 0.500. The molecule has 0 amide bonds. The van der Waals surface area contributed by atoms with E-state index in [1.807, 2.05) is 27.0 Å². The molecule has 0 spiro atoms. The Bertz CT molecular complexity index is 798. The summed E-state index contributed by atoms with van der Waals surface area (Å²) in [6, 6.07) is 2.27. The van der Waals surface area contributed by atoms with Crippen molar-refractivity contribution in [1.82, 2.24) is 35.0 Å². The Kier molecular flexibility index (Phi) is 5.27. The third-order valence-corrected chi connectivity index (χ3v) is 3.46. The molecule has 0 aliphatic heterocycles. The lowest BCUT2D eigenvalue weighted by Crippen LogP contribution is -2.24. The van der Waals surface area contributed by atoms with Gasteiger partial charge in [-0.05, 0) is 33.9 Å². The molecule has 0 fully saturated rings. The first-order valence-corrected chi connectivity index (χ1v) is 7.24. The molecule has 0 bridgehead atoms. The summed E-state index contributed by atoms with van der Waals surface area (Å²) in [6.07, 6.45) is 1.13. The van der Waals surface area contributed by atoms with E-state index in [0.29, 0.717) is 35.8 Å². The first-order valence-electron chi connectivity index (χ1n) is 7.24. The smallest absolute Gasteiger partial charge is 0.252 e. The van der Waals surface area contributed by atoms with E-state index in [2.05, 4.69) is 37.4 Å². The molecule has 3 heterocycles. The maximum atomic E-state index is 5.27. The van der Waals surface area contributed by atoms with Crippen molar-refractivity contribution in [1.29, 1.82) is 0 Å². The molecule has 0 saturated carbocycles. The summed E-state index contributed by atoms with van der Waals surface area (Å²) in [4.78, 5) is 13.2. The van der Waals surface area contributed by atoms with Crippen LogP contribution in [0.5, 0.6) is 0 Å². The standard InChI is InChI=1S/C14H19N7O.ClH/c1-8(15-4)6-12-17-13(22-20-12)7-11-18-14-16-9(2)5-10(3)21(14)19-11;/h5,8,15H,6-7H2,1-4H3;1H. The zero-order valence-corrected chi connectivity index (χ0v) is 14.4. The van der Waals surface area contributed by atoms with Crippen molar-refractivity contribution in [2.24, 2.45) is 0 Å². The van der Waals surface area contributed by atoms with Crippen molar-refractivity contribution in [2.45, 2.75) is 39.7 Å². The van der Waals surface area contributed by atoms with E-state index in [0.717, 1.165) is 17.8 Å². The lowest BCUT2D eigenvalue weighted by atomic mass is 10.2.